The predicted molar refractivity (Wildman–Crippen MR) is 60.9 cm³/mol. The van der Waals surface area contributed by atoms with Crippen LogP contribution in [0.5, 0.6) is 0 Å². The van der Waals surface area contributed by atoms with Crippen LogP contribution in [0.2, 0.25) is 0 Å². The molecule has 0 saturated carbocycles. The van der Waals surface area contributed by atoms with Crippen molar-refractivity contribution < 1.29 is 0 Å². The number of halogens is 1. The molecule has 0 heterocycles. The Bertz CT molecular complexity index is 143. The molecule has 0 aliphatic heterocycles. The first-order valence-electron chi connectivity index (χ1n) is 5.03. The number of allylic oxidation sites excluding steroid dienone is 1. The molecule has 0 unspecified atom stereocenters. The standard InChI is InChI=1S/C11H22ClN/c1-5-7-9-13(12)10-11(3,4)8-6-2/h6H,2,5,7-10H2,1,3-4H3. The molecular weight excluding hydrogens is 182 g/mol. The van der Waals surface area contributed by atoms with Crippen LogP contribution in [0.25, 0.3) is 0 Å². The van der Waals surface area contributed by atoms with Gasteiger partial charge in [-0.2, -0.15) is 0 Å². The largest absolute Gasteiger partial charge is 0.220 e. The lowest BCUT2D eigenvalue weighted by Gasteiger charge is -2.27. The third-order valence-electron chi connectivity index (χ3n) is 2.05. The van der Waals surface area contributed by atoms with Crippen LogP contribution in [0.1, 0.15) is 40.0 Å². The van der Waals surface area contributed by atoms with Crippen LogP contribution in [0, 0.1) is 5.41 Å². The van der Waals surface area contributed by atoms with Crippen LogP contribution in [-0.4, -0.2) is 17.5 Å². The highest BCUT2D eigenvalue weighted by molar-refractivity contribution is 6.13. The summed E-state index contributed by atoms with van der Waals surface area (Å²) in [6, 6.07) is 0. The Hall–Kier alpha value is -0.0100. The fourth-order valence-corrected chi connectivity index (χ4v) is 1.77. The number of unbranched alkanes of at least 4 members (excludes halogenated alkanes) is 1. The molecule has 0 aliphatic carbocycles. The number of rotatable bonds is 7. The lowest BCUT2D eigenvalue weighted by Crippen LogP contribution is -2.28. The third kappa shape index (κ3) is 7.09. The van der Waals surface area contributed by atoms with Crippen molar-refractivity contribution in [1.82, 2.24) is 4.42 Å². The minimum Gasteiger partial charge on any atom is -0.220 e. The fourth-order valence-electron chi connectivity index (χ4n) is 1.33. The van der Waals surface area contributed by atoms with E-state index in [1.807, 2.05) is 10.5 Å². The summed E-state index contributed by atoms with van der Waals surface area (Å²) in [5, 5.41) is 0. The van der Waals surface area contributed by atoms with E-state index in [1.165, 1.54) is 12.8 Å². The van der Waals surface area contributed by atoms with Gasteiger partial charge in [-0.3, -0.25) is 0 Å². The van der Waals surface area contributed by atoms with E-state index in [0.29, 0.717) is 0 Å². The van der Waals surface area contributed by atoms with E-state index < -0.39 is 0 Å². The number of hydrogen-bond donors (Lipinski definition) is 0. The topological polar surface area (TPSA) is 3.24 Å². The normalized spacial score (nSPS) is 12.1. The van der Waals surface area contributed by atoms with Crippen LogP contribution < -0.4 is 0 Å². The van der Waals surface area contributed by atoms with Crippen molar-refractivity contribution in [3.05, 3.63) is 12.7 Å². The zero-order valence-corrected chi connectivity index (χ0v) is 9.90. The van der Waals surface area contributed by atoms with Crippen LogP contribution in [-0.2, 0) is 0 Å². The smallest absolute Gasteiger partial charge is 0.0193 e. The molecule has 78 valence electrons. The molecule has 0 spiro atoms. The lowest BCUT2D eigenvalue weighted by molar-refractivity contribution is 0.267. The Labute approximate surface area is 87.9 Å². The molecule has 2 heteroatoms. The van der Waals surface area contributed by atoms with Crippen LogP contribution in [0.15, 0.2) is 12.7 Å². The molecule has 0 N–H and O–H groups in total. The first-order valence-corrected chi connectivity index (χ1v) is 5.37. The summed E-state index contributed by atoms with van der Waals surface area (Å²) in [4.78, 5) is 0. The second-order valence-corrected chi connectivity index (χ2v) is 4.83. The highest BCUT2D eigenvalue weighted by Gasteiger charge is 2.18. The molecule has 0 rings (SSSR count). The van der Waals surface area contributed by atoms with Gasteiger partial charge in [-0.25, -0.2) is 4.42 Å². The maximum Gasteiger partial charge on any atom is 0.0193 e. The molecule has 1 nitrogen and oxygen atoms in total. The third-order valence-corrected chi connectivity index (χ3v) is 2.34. The van der Waals surface area contributed by atoms with Gasteiger partial charge in [-0.1, -0.05) is 33.3 Å². The molecule has 13 heavy (non-hydrogen) atoms. The second-order valence-electron chi connectivity index (χ2n) is 4.35. The maximum atomic E-state index is 6.08. The number of nitrogens with zero attached hydrogens (tertiary/aromatic N) is 1. The zero-order valence-electron chi connectivity index (χ0n) is 9.15. The van der Waals surface area contributed by atoms with E-state index in [4.69, 9.17) is 11.8 Å². The maximum absolute atomic E-state index is 6.08. The second kappa shape index (κ2) is 6.44. The molecule has 0 aromatic carbocycles. The van der Waals surface area contributed by atoms with Gasteiger partial charge in [0.2, 0.25) is 0 Å². The first kappa shape index (κ1) is 13.0. The molecule has 0 aromatic heterocycles. The van der Waals surface area contributed by atoms with Crippen molar-refractivity contribution in [3.63, 3.8) is 0 Å². The Morgan fingerprint density at radius 3 is 2.54 bits per heavy atom. The monoisotopic (exact) mass is 203 g/mol. The minimum atomic E-state index is 0.247. The predicted octanol–water partition coefficient (Wildman–Crippen LogP) is 3.84. The van der Waals surface area contributed by atoms with E-state index >= 15 is 0 Å². The van der Waals surface area contributed by atoms with Crippen molar-refractivity contribution in [2.75, 3.05) is 13.1 Å². The Balaban J connectivity index is 3.74. The van der Waals surface area contributed by atoms with Crippen LogP contribution in [0.3, 0.4) is 0 Å². The van der Waals surface area contributed by atoms with Crippen molar-refractivity contribution in [2.45, 2.75) is 40.0 Å². The highest BCUT2D eigenvalue weighted by atomic mass is 35.5. The summed E-state index contributed by atoms with van der Waals surface area (Å²) in [5.74, 6) is 0. The lowest BCUT2D eigenvalue weighted by atomic mass is 9.89. The fraction of sp³-hybridized carbons (Fsp3) is 0.818. The van der Waals surface area contributed by atoms with E-state index in [1.54, 1.807) is 0 Å². The molecular formula is C11H22ClN. The summed E-state index contributed by atoms with van der Waals surface area (Å²) in [5.41, 5.74) is 0.247. The van der Waals surface area contributed by atoms with Crippen LogP contribution in [0.4, 0.5) is 0 Å². The van der Waals surface area contributed by atoms with Gasteiger partial charge in [0.05, 0.1) is 0 Å². The first-order chi connectivity index (χ1) is 6.02. The molecule has 0 aromatic rings. The average Bonchev–Trinajstić information content (AvgIpc) is 1.99. The highest BCUT2D eigenvalue weighted by Crippen LogP contribution is 2.23. The molecule has 0 radical (unpaired) electrons. The minimum absolute atomic E-state index is 0.247. The quantitative estimate of drug-likeness (QED) is 0.449. The van der Waals surface area contributed by atoms with Gasteiger partial charge in [0.25, 0.3) is 0 Å². The summed E-state index contributed by atoms with van der Waals surface area (Å²) >= 11 is 6.08. The molecule has 0 amide bonds. The SMILES string of the molecule is C=CCC(C)(C)CN(Cl)CCCC. The van der Waals surface area contributed by atoms with Crippen molar-refractivity contribution in [2.24, 2.45) is 5.41 Å². The van der Waals surface area contributed by atoms with Gasteiger partial charge >= 0.3 is 0 Å². The van der Waals surface area contributed by atoms with Gasteiger partial charge in [0.1, 0.15) is 0 Å². The van der Waals surface area contributed by atoms with Crippen molar-refractivity contribution in [3.8, 4) is 0 Å². The van der Waals surface area contributed by atoms with E-state index in [0.717, 1.165) is 19.5 Å². The van der Waals surface area contributed by atoms with Crippen molar-refractivity contribution in [1.29, 1.82) is 0 Å². The molecule has 0 fully saturated rings. The van der Waals surface area contributed by atoms with E-state index in [2.05, 4.69) is 27.4 Å². The molecule has 0 aliphatic rings. The average molecular weight is 204 g/mol. The van der Waals surface area contributed by atoms with Gasteiger partial charge in [0.15, 0.2) is 0 Å². The summed E-state index contributed by atoms with van der Waals surface area (Å²) in [6.45, 7) is 12.3. The Kier molecular flexibility index (Phi) is 6.44. The summed E-state index contributed by atoms with van der Waals surface area (Å²) in [7, 11) is 0. The van der Waals surface area contributed by atoms with Gasteiger partial charge in [-0.15, -0.1) is 6.58 Å². The molecule has 0 saturated heterocycles. The summed E-state index contributed by atoms with van der Waals surface area (Å²) in [6.07, 6.45) is 5.35. The Morgan fingerprint density at radius 2 is 2.08 bits per heavy atom. The zero-order chi connectivity index (χ0) is 10.3. The van der Waals surface area contributed by atoms with E-state index in [9.17, 15) is 0 Å². The summed E-state index contributed by atoms with van der Waals surface area (Å²) < 4.78 is 1.90. The van der Waals surface area contributed by atoms with E-state index in [-0.39, 0.29) is 5.41 Å². The number of hydrogen-bond acceptors (Lipinski definition) is 1. The molecule has 0 atom stereocenters. The van der Waals surface area contributed by atoms with Gasteiger partial charge in [-0.05, 0) is 30.0 Å². The van der Waals surface area contributed by atoms with Gasteiger partial charge < -0.3 is 0 Å². The van der Waals surface area contributed by atoms with Gasteiger partial charge in [0, 0.05) is 13.1 Å². The van der Waals surface area contributed by atoms with Crippen molar-refractivity contribution >= 4 is 11.8 Å². The molecule has 0 bridgehead atoms. The van der Waals surface area contributed by atoms with Crippen LogP contribution >= 0.6 is 11.8 Å². The Morgan fingerprint density at radius 1 is 1.46 bits per heavy atom.